The Morgan fingerprint density at radius 2 is 1.42 bits per heavy atom. The van der Waals surface area contributed by atoms with Crippen molar-refractivity contribution in [3.63, 3.8) is 0 Å². The van der Waals surface area contributed by atoms with Crippen LogP contribution in [0.15, 0.2) is 108 Å². The van der Waals surface area contributed by atoms with Crippen LogP contribution < -0.4 is 9.62 Å². The molecule has 7 nitrogen and oxygen atoms in total. The predicted molar refractivity (Wildman–Crippen MR) is 176 cm³/mol. The molecule has 0 aromatic heterocycles. The van der Waals surface area contributed by atoms with Gasteiger partial charge in [0.1, 0.15) is 18.4 Å². The number of anilines is 1. The maximum Gasteiger partial charge on any atom is 0.264 e. The molecule has 0 fully saturated rings. The zero-order chi connectivity index (χ0) is 32.6. The highest BCUT2D eigenvalue weighted by molar-refractivity contribution is 7.92. The van der Waals surface area contributed by atoms with Crippen LogP contribution in [0.25, 0.3) is 0 Å². The molecule has 0 heterocycles. The number of carbonyl (C=O) groups is 2. The molecule has 1 N–H and O–H groups in total. The minimum atomic E-state index is -4.35. The zero-order valence-corrected chi connectivity index (χ0v) is 27.2. The predicted octanol–water partition coefficient (Wildman–Crippen LogP) is 6.88. The Morgan fingerprint density at radius 1 is 0.844 bits per heavy atom. The lowest BCUT2D eigenvalue weighted by Gasteiger charge is -2.34. The van der Waals surface area contributed by atoms with E-state index >= 15 is 0 Å². The average Bonchev–Trinajstić information content (AvgIpc) is 3.03. The third kappa shape index (κ3) is 8.63. The fourth-order valence-corrected chi connectivity index (χ4v) is 6.64. The molecule has 4 aromatic rings. The number of rotatable bonds is 13. The summed E-state index contributed by atoms with van der Waals surface area (Å²) in [5, 5.41) is 3.56. The maximum absolute atomic E-state index is 14.5. The lowest BCUT2D eigenvalue weighted by Crippen LogP contribution is -2.54. The topological polar surface area (TPSA) is 86.8 Å². The van der Waals surface area contributed by atoms with Crippen LogP contribution in [-0.2, 0) is 32.6 Å². The number of para-hydroxylation sites is 1. The normalized spacial score (nSPS) is 12.6. The van der Waals surface area contributed by atoms with Crippen molar-refractivity contribution in [3.8, 4) is 0 Å². The Labute approximate surface area is 273 Å². The van der Waals surface area contributed by atoms with E-state index in [1.54, 1.807) is 48.5 Å². The van der Waals surface area contributed by atoms with Crippen molar-refractivity contribution in [2.45, 2.75) is 50.2 Å². The Balaban J connectivity index is 1.82. The molecule has 4 rings (SSSR count). The monoisotopic (exact) mass is 669 g/mol. The van der Waals surface area contributed by atoms with Gasteiger partial charge in [-0.1, -0.05) is 84.7 Å². The fraction of sp³-hybridized carbons (Fsp3) is 0.235. The maximum atomic E-state index is 14.5. The number of nitrogens with one attached hydrogen (secondary N) is 1. The summed E-state index contributed by atoms with van der Waals surface area (Å²) < 4.78 is 42.6. The summed E-state index contributed by atoms with van der Waals surface area (Å²) in [6, 6.07) is 25.4. The molecule has 0 saturated carbocycles. The van der Waals surface area contributed by atoms with Gasteiger partial charge in [-0.2, -0.15) is 0 Å². The number of sulfonamides is 1. The van der Waals surface area contributed by atoms with Crippen LogP contribution in [0.4, 0.5) is 10.1 Å². The SMILES string of the molecule is CC[C@@H](C)NC(=O)[C@H](Cc1ccccc1)N(Cc1c(Cl)cccc1Cl)C(=O)CN(c1ccccc1)S(=O)(=O)c1ccc(F)cc1. The van der Waals surface area contributed by atoms with Crippen molar-refractivity contribution in [3.05, 3.63) is 130 Å². The van der Waals surface area contributed by atoms with Gasteiger partial charge in [0, 0.05) is 34.6 Å². The highest BCUT2D eigenvalue weighted by atomic mass is 35.5. The summed E-state index contributed by atoms with van der Waals surface area (Å²) in [6.07, 6.45) is 0.804. The average molecular weight is 671 g/mol. The van der Waals surface area contributed by atoms with E-state index < -0.39 is 40.2 Å². The van der Waals surface area contributed by atoms with Crippen LogP contribution >= 0.6 is 23.2 Å². The zero-order valence-electron chi connectivity index (χ0n) is 24.9. The van der Waals surface area contributed by atoms with Gasteiger partial charge >= 0.3 is 0 Å². The van der Waals surface area contributed by atoms with Crippen molar-refractivity contribution in [1.29, 1.82) is 0 Å². The summed E-state index contributed by atoms with van der Waals surface area (Å²) in [5.41, 5.74) is 1.43. The minimum Gasteiger partial charge on any atom is -0.352 e. The number of carbonyl (C=O) groups excluding carboxylic acids is 2. The molecule has 11 heteroatoms. The van der Waals surface area contributed by atoms with E-state index in [0.29, 0.717) is 22.0 Å². The van der Waals surface area contributed by atoms with Gasteiger partial charge in [0.25, 0.3) is 10.0 Å². The fourth-order valence-electron chi connectivity index (χ4n) is 4.71. The minimum absolute atomic E-state index is 0.146. The van der Waals surface area contributed by atoms with Gasteiger partial charge in [-0.15, -0.1) is 0 Å². The first-order valence-electron chi connectivity index (χ1n) is 14.4. The summed E-state index contributed by atoms with van der Waals surface area (Å²) >= 11 is 13.1. The Bertz CT molecular complexity index is 1690. The molecule has 45 heavy (non-hydrogen) atoms. The van der Waals surface area contributed by atoms with Gasteiger partial charge in [0.15, 0.2) is 0 Å². The van der Waals surface area contributed by atoms with Gasteiger partial charge in [-0.25, -0.2) is 12.8 Å². The van der Waals surface area contributed by atoms with Gasteiger partial charge in [-0.05, 0) is 67.4 Å². The molecule has 0 aliphatic rings. The molecule has 0 radical (unpaired) electrons. The first-order valence-corrected chi connectivity index (χ1v) is 16.6. The smallest absolute Gasteiger partial charge is 0.264 e. The van der Waals surface area contributed by atoms with E-state index in [1.165, 1.54) is 4.90 Å². The van der Waals surface area contributed by atoms with Gasteiger partial charge < -0.3 is 10.2 Å². The Morgan fingerprint density at radius 3 is 2.00 bits per heavy atom. The van der Waals surface area contributed by atoms with Crippen LogP contribution in [0.3, 0.4) is 0 Å². The number of halogens is 3. The highest BCUT2D eigenvalue weighted by Gasteiger charge is 2.35. The van der Waals surface area contributed by atoms with Crippen molar-refractivity contribution in [1.82, 2.24) is 10.2 Å². The van der Waals surface area contributed by atoms with Crippen molar-refractivity contribution in [2.75, 3.05) is 10.8 Å². The molecule has 4 aromatic carbocycles. The lowest BCUT2D eigenvalue weighted by atomic mass is 10.0. The molecule has 236 valence electrons. The third-order valence-corrected chi connectivity index (χ3v) is 9.88. The number of hydrogen-bond donors (Lipinski definition) is 1. The summed E-state index contributed by atoms with van der Waals surface area (Å²) in [7, 11) is -4.35. The van der Waals surface area contributed by atoms with E-state index in [9.17, 15) is 22.4 Å². The van der Waals surface area contributed by atoms with Crippen molar-refractivity contribution in [2.24, 2.45) is 0 Å². The quantitative estimate of drug-likeness (QED) is 0.168. The Kier molecular flexibility index (Phi) is 11.6. The van der Waals surface area contributed by atoms with Crippen LogP contribution in [0, 0.1) is 5.82 Å². The van der Waals surface area contributed by atoms with Crippen LogP contribution in [0.2, 0.25) is 10.0 Å². The van der Waals surface area contributed by atoms with E-state index in [-0.39, 0.29) is 29.6 Å². The van der Waals surface area contributed by atoms with Gasteiger partial charge in [0.2, 0.25) is 11.8 Å². The Hall–Kier alpha value is -3.92. The van der Waals surface area contributed by atoms with Crippen LogP contribution in [0.5, 0.6) is 0 Å². The van der Waals surface area contributed by atoms with E-state index in [4.69, 9.17) is 23.2 Å². The van der Waals surface area contributed by atoms with E-state index in [1.807, 2.05) is 44.2 Å². The standard InChI is InChI=1S/C34H34Cl2FN3O4S/c1-3-24(2)38-34(42)32(21-25-11-6-4-7-12-25)39(22-29-30(35)15-10-16-31(29)36)33(41)23-40(27-13-8-5-9-14-27)45(43,44)28-19-17-26(37)18-20-28/h4-20,24,32H,3,21-23H2,1-2H3,(H,38,42)/t24-,32+/m1/s1. The summed E-state index contributed by atoms with van der Waals surface area (Å²) in [4.78, 5) is 29.5. The van der Waals surface area contributed by atoms with Crippen LogP contribution in [0.1, 0.15) is 31.4 Å². The van der Waals surface area contributed by atoms with Crippen molar-refractivity contribution < 1.29 is 22.4 Å². The molecule has 0 saturated heterocycles. The molecular formula is C34H34Cl2FN3O4S. The first-order chi connectivity index (χ1) is 21.5. The molecule has 0 aliphatic heterocycles. The van der Waals surface area contributed by atoms with Crippen molar-refractivity contribution >= 4 is 50.7 Å². The second kappa shape index (κ2) is 15.4. The summed E-state index contributed by atoms with van der Waals surface area (Å²) in [5.74, 6) is -1.67. The number of hydrogen-bond acceptors (Lipinski definition) is 4. The third-order valence-electron chi connectivity index (χ3n) is 7.39. The molecule has 0 aliphatic carbocycles. The first kappa shape index (κ1) is 34.0. The molecule has 0 bridgehead atoms. The molecular weight excluding hydrogens is 636 g/mol. The van der Waals surface area contributed by atoms with Gasteiger partial charge in [0.05, 0.1) is 10.6 Å². The molecule has 2 atom stereocenters. The van der Waals surface area contributed by atoms with E-state index in [2.05, 4.69) is 5.32 Å². The number of benzene rings is 4. The number of amides is 2. The van der Waals surface area contributed by atoms with Gasteiger partial charge in [-0.3, -0.25) is 13.9 Å². The second-order valence-corrected chi connectivity index (χ2v) is 13.2. The number of nitrogens with zero attached hydrogens (tertiary/aromatic N) is 2. The second-order valence-electron chi connectivity index (χ2n) is 10.5. The molecule has 0 unspecified atom stereocenters. The lowest BCUT2D eigenvalue weighted by molar-refractivity contribution is -0.140. The van der Waals surface area contributed by atoms with E-state index in [0.717, 1.165) is 34.1 Å². The van der Waals surface area contributed by atoms with Crippen LogP contribution in [-0.4, -0.2) is 43.8 Å². The molecule has 2 amide bonds. The molecule has 0 spiro atoms. The summed E-state index contributed by atoms with van der Waals surface area (Å²) in [6.45, 7) is 2.97. The highest BCUT2D eigenvalue weighted by Crippen LogP contribution is 2.29. The largest absolute Gasteiger partial charge is 0.352 e.